The molecule has 0 fully saturated rings. The Labute approximate surface area is 164 Å². The number of rotatable bonds is 18. The van der Waals surface area contributed by atoms with Crippen molar-refractivity contribution < 1.29 is 14.2 Å². The van der Waals surface area contributed by atoms with Crippen molar-refractivity contribution in [1.29, 1.82) is 0 Å². The summed E-state index contributed by atoms with van der Waals surface area (Å²) < 4.78 is 19.6. The summed E-state index contributed by atoms with van der Waals surface area (Å²) >= 11 is 2.46. The quantitative estimate of drug-likeness (QED) is 0.0992. The highest BCUT2D eigenvalue weighted by Crippen LogP contribution is 2.32. The largest absolute Gasteiger partial charge is 0.327 e. The lowest BCUT2D eigenvalue weighted by atomic mass is 9.99. The number of ether oxygens (including phenoxy) is 3. The third-order valence-corrected chi connectivity index (χ3v) is 5.18. The third kappa shape index (κ3) is 10.6. The van der Waals surface area contributed by atoms with Crippen LogP contribution in [0.15, 0.2) is 0 Å². The number of alkyl halides is 1. The molecule has 0 aromatic rings. The van der Waals surface area contributed by atoms with E-state index in [-0.39, 0.29) is 0 Å². The van der Waals surface area contributed by atoms with Crippen LogP contribution in [0.4, 0.5) is 0 Å². The van der Waals surface area contributed by atoms with Crippen molar-refractivity contribution in [3.8, 4) is 0 Å². The first-order valence-electron chi connectivity index (χ1n) is 10.2. The molecular formula is C20H41IO3. The van der Waals surface area contributed by atoms with E-state index >= 15 is 0 Å². The molecule has 0 aliphatic carbocycles. The molecule has 146 valence electrons. The molecule has 0 aliphatic heterocycles. The van der Waals surface area contributed by atoms with Crippen LogP contribution in [0.2, 0.25) is 0 Å². The summed E-state index contributed by atoms with van der Waals surface area (Å²) in [5.74, 6) is -0.541. The van der Waals surface area contributed by atoms with Crippen LogP contribution < -0.4 is 0 Å². The van der Waals surface area contributed by atoms with Crippen LogP contribution in [0.5, 0.6) is 0 Å². The molecule has 0 spiro atoms. The molecule has 0 N–H and O–H groups in total. The Kier molecular flexibility index (Phi) is 17.5. The first-order valence-corrected chi connectivity index (χ1v) is 11.7. The summed E-state index contributed by atoms with van der Waals surface area (Å²) in [4.78, 5) is 0. The van der Waals surface area contributed by atoms with Gasteiger partial charge in [-0.05, 0) is 25.7 Å². The molecule has 1 atom stereocenters. The minimum Gasteiger partial charge on any atom is -0.327 e. The van der Waals surface area contributed by atoms with E-state index in [4.69, 9.17) is 14.2 Å². The molecular weight excluding hydrogens is 415 g/mol. The molecule has 0 saturated heterocycles. The van der Waals surface area contributed by atoms with E-state index in [0.717, 1.165) is 30.1 Å². The maximum absolute atomic E-state index is 6.18. The Bertz CT molecular complexity index is 239. The zero-order valence-corrected chi connectivity index (χ0v) is 18.7. The van der Waals surface area contributed by atoms with E-state index in [1.54, 1.807) is 0 Å². The molecule has 3 nitrogen and oxygen atoms in total. The van der Waals surface area contributed by atoms with Gasteiger partial charge in [0.15, 0.2) is 0 Å². The summed E-state index contributed by atoms with van der Waals surface area (Å²) in [5.41, 5.74) is 0. The second-order valence-corrected chi connectivity index (χ2v) is 7.44. The van der Waals surface area contributed by atoms with E-state index in [0.29, 0.717) is 25.7 Å². The Morgan fingerprint density at radius 2 is 1.12 bits per heavy atom. The van der Waals surface area contributed by atoms with Crippen LogP contribution >= 0.6 is 22.6 Å². The first-order chi connectivity index (χ1) is 11.7. The number of unbranched alkanes of at least 4 members (excludes halogenated alkanes) is 5. The second-order valence-electron chi connectivity index (χ2n) is 6.56. The fraction of sp³-hybridized carbons (Fsp3) is 1.00. The topological polar surface area (TPSA) is 27.7 Å². The average molecular weight is 456 g/mol. The van der Waals surface area contributed by atoms with E-state index in [1.807, 2.05) is 0 Å². The molecule has 0 amide bonds. The van der Waals surface area contributed by atoms with Crippen molar-refractivity contribution in [3.63, 3.8) is 0 Å². The molecule has 0 aromatic heterocycles. The summed E-state index contributed by atoms with van der Waals surface area (Å²) in [6.07, 6.45) is 12.0. The zero-order valence-electron chi connectivity index (χ0n) is 16.6. The van der Waals surface area contributed by atoms with E-state index < -0.39 is 5.97 Å². The molecule has 0 rings (SSSR count). The summed E-state index contributed by atoms with van der Waals surface area (Å²) in [6.45, 7) is 10.7. The van der Waals surface area contributed by atoms with Gasteiger partial charge in [-0.2, -0.15) is 0 Å². The van der Waals surface area contributed by atoms with Gasteiger partial charge < -0.3 is 14.2 Å². The van der Waals surface area contributed by atoms with Crippen molar-refractivity contribution in [2.45, 2.75) is 97.9 Å². The van der Waals surface area contributed by atoms with Gasteiger partial charge in [-0.3, -0.25) is 0 Å². The van der Waals surface area contributed by atoms with Crippen LogP contribution in [0.3, 0.4) is 0 Å². The van der Waals surface area contributed by atoms with E-state index in [2.05, 4.69) is 50.3 Å². The molecule has 0 heterocycles. The number of hydrogen-bond donors (Lipinski definition) is 0. The van der Waals surface area contributed by atoms with Gasteiger partial charge in [0, 0.05) is 10.3 Å². The lowest BCUT2D eigenvalue weighted by Gasteiger charge is -2.39. The minimum atomic E-state index is -0.841. The molecule has 0 bridgehead atoms. The van der Waals surface area contributed by atoms with Gasteiger partial charge in [-0.15, -0.1) is 0 Å². The van der Waals surface area contributed by atoms with Crippen LogP contribution in [0.25, 0.3) is 0 Å². The average Bonchev–Trinajstić information content (AvgIpc) is 2.61. The molecule has 0 radical (unpaired) electrons. The van der Waals surface area contributed by atoms with Crippen LogP contribution in [0.1, 0.15) is 91.9 Å². The Balaban J connectivity index is 4.72. The number of hydrogen-bond acceptors (Lipinski definition) is 3. The molecule has 0 aliphatic rings. The second kappa shape index (κ2) is 17.0. The van der Waals surface area contributed by atoms with Crippen molar-refractivity contribution in [3.05, 3.63) is 0 Å². The van der Waals surface area contributed by atoms with E-state index in [1.165, 1.54) is 38.5 Å². The summed E-state index contributed by atoms with van der Waals surface area (Å²) in [5, 5.41) is 0. The smallest absolute Gasteiger partial charge is 0.286 e. The summed E-state index contributed by atoms with van der Waals surface area (Å²) in [6, 6.07) is 0. The van der Waals surface area contributed by atoms with Gasteiger partial charge in [0.25, 0.3) is 5.97 Å². The monoisotopic (exact) mass is 456 g/mol. The highest BCUT2D eigenvalue weighted by Gasteiger charge is 2.41. The summed E-state index contributed by atoms with van der Waals surface area (Å²) in [7, 11) is 0. The van der Waals surface area contributed by atoms with Gasteiger partial charge in [-0.1, -0.05) is 88.8 Å². The third-order valence-electron chi connectivity index (χ3n) is 4.11. The van der Waals surface area contributed by atoms with Crippen molar-refractivity contribution >= 4 is 22.6 Å². The van der Waals surface area contributed by atoms with Gasteiger partial charge in [0.05, 0.1) is 19.8 Å². The van der Waals surface area contributed by atoms with Gasteiger partial charge in [-0.25, -0.2) is 0 Å². The number of halogens is 1. The first kappa shape index (κ1) is 24.6. The fourth-order valence-electron chi connectivity index (χ4n) is 2.73. The Morgan fingerprint density at radius 1 is 0.667 bits per heavy atom. The highest BCUT2D eigenvalue weighted by atomic mass is 127. The molecule has 24 heavy (non-hydrogen) atoms. The van der Waals surface area contributed by atoms with Crippen LogP contribution in [-0.4, -0.2) is 30.2 Å². The Hall–Kier alpha value is 0.610. The lowest BCUT2D eigenvalue weighted by molar-refractivity contribution is -0.402. The van der Waals surface area contributed by atoms with Gasteiger partial charge in [0.1, 0.15) is 0 Å². The van der Waals surface area contributed by atoms with Crippen molar-refractivity contribution in [1.82, 2.24) is 0 Å². The predicted molar refractivity (Wildman–Crippen MR) is 112 cm³/mol. The standard InChI is InChI=1S/C20H41IO3/c1-5-9-10-11-12-13-14-19(18-21)20(22-15-6-2,23-16-7-3)24-17-8-4/h19H,5-18H2,1-4H3. The SMILES string of the molecule is CCCCCCCCC(CI)C(OCCC)(OCCC)OCCC. The maximum atomic E-state index is 6.18. The molecule has 0 saturated carbocycles. The zero-order chi connectivity index (χ0) is 18.1. The highest BCUT2D eigenvalue weighted by molar-refractivity contribution is 14.1. The van der Waals surface area contributed by atoms with Crippen molar-refractivity contribution in [2.75, 3.05) is 24.2 Å². The van der Waals surface area contributed by atoms with Crippen LogP contribution in [-0.2, 0) is 14.2 Å². The van der Waals surface area contributed by atoms with Crippen molar-refractivity contribution in [2.24, 2.45) is 5.92 Å². The minimum absolute atomic E-state index is 0.300. The van der Waals surface area contributed by atoms with Gasteiger partial charge in [0.2, 0.25) is 0 Å². The molecule has 1 unspecified atom stereocenters. The lowest BCUT2D eigenvalue weighted by Crippen LogP contribution is -2.48. The molecule has 0 aromatic carbocycles. The molecule has 4 heteroatoms. The normalized spacial score (nSPS) is 13.4. The van der Waals surface area contributed by atoms with E-state index in [9.17, 15) is 0 Å². The Morgan fingerprint density at radius 3 is 1.54 bits per heavy atom. The van der Waals surface area contributed by atoms with Gasteiger partial charge >= 0.3 is 0 Å². The predicted octanol–water partition coefficient (Wildman–Crippen LogP) is 6.72. The maximum Gasteiger partial charge on any atom is 0.286 e. The van der Waals surface area contributed by atoms with Crippen LogP contribution in [0, 0.1) is 5.92 Å². The fourth-order valence-corrected chi connectivity index (χ4v) is 3.71.